The molecule has 2 rings (SSSR count). The van der Waals surface area contributed by atoms with Crippen molar-refractivity contribution in [1.82, 2.24) is 5.32 Å². The Balaban J connectivity index is 1.92. The average molecular weight is 381 g/mol. The van der Waals surface area contributed by atoms with Crippen LogP contribution in [-0.4, -0.2) is 6.54 Å². The third kappa shape index (κ3) is 4.49. The minimum absolute atomic E-state index is 0.380. The quantitative estimate of drug-likeness (QED) is 0.742. The lowest BCUT2D eigenvalue weighted by Crippen LogP contribution is -2.17. The van der Waals surface area contributed by atoms with Crippen LogP contribution in [0.2, 0.25) is 0 Å². The molecular weight excluding hydrogens is 361 g/mol. The van der Waals surface area contributed by atoms with Crippen LogP contribution in [0.5, 0.6) is 5.75 Å². The number of benzene rings is 2. The lowest BCUT2D eigenvalue weighted by Gasteiger charge is -2.13. The summed E-state index contributed by atoms with van der Waals surface area (Å²) in [5.41, 5.74) is 2.48. The molecule has 0 aliphatic heterocycles. The van der Waals surface area contributed by atoms with Crippen molar-refractivity contribution in [2.24, 2.45) is 0 Å². The molecule has 1 N–H and O–H groups in total. The molecule has 0 saturated heterocycles. The zero-order valence-electron chi connectivity index (χ0n) is 11.9. The fraction of sp³-hybridized carbons (Fsp3) is 0.294. The van der Waals surface area contributed by atoms with E-state index in [-0.39, 0.29) is 0 Å². The monoisotopic (exact) mass is 381 g/mol. The summed E-state index contributed by atoms with van der Waals surface area (Å²) >= 11 is 2.31. The van der Waals surface area contributed by atoms with E-state index in [4.69, 9.17) is 4.74 Å². The topological polar surface area (TPSA) is 21.3 Å². The number of rotatable bonds is 6. The van der Waals surface area contributed by atoms with Gasteiger partial charge in [-0.3, -0.25) is 0 Å². The van der Waals surface area contributed by atoms with E-state index in [9.17, 15) is 0 Å². The summed E-state index contributed by atoms with van der Waals surface area (Å²) in [5, 5.41) is 3.40. The van der Waals surface area contributed by atoms with E-state index >= 15 is 0 Å². The molecule has 2 aromatic rings. The van der Waals surface area contributed by atoms with Crippen molar-refractivity contribution < 1.29 is 4.74 Å². The Bertz CT molecular complexity index is 522. The van der Waals surface area contributed by atoms with Crippen LogP contribution < -0.4 is 10.1 Å². The molecule has 0 heterocycles. The van der Waals surface area contributed by atoms with Crippen LogP contribution in [0, 0.1) is 3.57 Å². The van der Waals surface area contributed by atoms with Crippen molar-refractivity contribution in [2.75, 3.05) is 6.54 Å². The second kappa shape index (κ2) is 7.64. The van der Waals surface area contributed by atoms with Crippen molar-refractivity contribution in [3.05, 3.63) is 63.2 Å². The second-order valence-corrected chi connectivity index (χ2v) is 6.01. The first-order valence-electron chi connectivity index (χ1n) is 6.89. The maximum atomic E-state index is 5.80. The molecule has 0 radical (unpaired) electrons. The lowest BCUT2D eigenvalue weighted by molar-refractivity contribution is 0.306. The van der Waals surface area contributed by atoms with Crippen LogP contribution in [0.25, 0.3) is 0 Å². The van der Waals surface area contributed by atoms with Gasteiger partial charge in [-0.25, -0.2) is 0 Å². The molecule has 2 nitrogen and oxygen atoms in total. The largest absolute Gasteiger partial charge is 0.489 e. The van der Waals surface area contributed by atoms with Crippen LogP contribution in [0.3, 0.4) is 0 Å². The van der Waals surface area contributed by atoms with Crippen molar-refractivity contribution in [2.45, 2.75) is 26.5 Å². The SMILES string of the molecule is CCNC(C)c1ccc(OCc2ccc(I)cc2)cc1. The van der Waals surface area contributed by atoms with E-state index in [0.717, 1.165) is 12.3 Å². The van der Waals surface area contributed by atoms with Crippen molar-refractivity contribution in [1.29, 1.82) is 0 Å². The first-order valence-corrected chi connectivity index (χ1v) is 7.97. The highest BCUT2D eigenvalue weighted by Crippen LogP contribution is 2.18. The highest BCUT2D eigenvalue weighted by molar-refractivity contribution is 14.1. The van der Waals surface area contributed by atoms with E-state index in [1.54, 1.807) is 0 Å². The van der Waals surface area contributed by atoms with E-state index in [1.807, 2.05) is 12.1 Å². The van der Waals surface area contributed by atoms with Gasteiger partial charge in [0.05, 0.1) is 0 Å². The van der Waals surface area contributed by atoms with Gasteiger partial charge < -0.3 is 10.1 Å². The zero-order chi connectivity index (χ0) is 14.4. The molecule has 0 amide bonds. The predicted molar refractivity (Wildman–Crippen MR) is 92.0 cm³/mol. The molecule has 2 aromatic carbocycles. The third-order valence-electron chi connectivity index (χ3n) is 3.21. The first kappa shape index (κ1) is 15.3. The minimum Gasteiger partial charge on any atom is -0.489 e. The van der Waals surface area contributed by atoms with E-state index in [2.05, 4.69) is 78.2 Å². The summed E-state index contributed by atoms with van der Waals surface area (Å²) in [6.07, 6.45) is 0. The predicted octanol–water partition coefficient (Wildman–Crippen LogP) is 4.54. The highest BCUT2D eigenvalue weighted by atomic mass is 127. The first-order chi connectivity index (χ1) is 9.69. The number of hydrogen-bond donors (Lipinski definition) is 1. The Hall–Kier alpha value is -1.07. The minimum atomic E-state index is 0.380. The van der Waals surface area contributed by atoms with Gasteiger partial charge in [-0.2, -0.15) is 0 Å². The molecule has 0 aliphatic carbocycles. The van der Waals surface area contributed by atoms with Crippen molar-refractivity contribution in [3.63, 3.8) is 0 Å². The lowest BCUT2D eigenvalue weighted by atomic mass is 10.1. The van der Waals surface area contributed by atoms with Gasteiger partial charge in [0.25, 0.3) is 0 Å². The molecule has 3 heteroatoms. The third-order valence-corrected chi connectivity index (χ3v) is 3.93. The fourth-order valence-corrected chi connectivity index (χ4v) is 2.38. The van der Waals surface area contributed by atoms with Crippen LogP contribution in [0.15, 0.2) is 48.5 Å². The summed E-state index contributed by atoms with van der Waals surface area (Å²) in [4.78, 5) is 0. The molecule has 0 saturated carbocycles. The Labute approximate surface area is 134 Å². The van der Waals surface area contributed by atoms with E-state index < -0.39 is 0 Å². The average Bonchev–Trinajstić information content (AvgIpc) is 2.47. The van der Waals surface area contributed by atoms with E-state index in [1.165, 1.54) is 14.7 Å². The molecule has 1 atom stereocenters. The van der Waals surface area contributed by atoms with Gasteiger partial charge in [-0.05, 0) is 71.5 Å². The van der Waals surface area contributed by atoms with Gasteiger partial charge in [-0.15, -0.1) is 0 Å². The molecule has 0 fully saturated rings. The number of hydrogen-bond acceptors (Lipinski definition) is 2. The van der Waals surface area contributed by atoms with Crippen molar-refractivity contribution in [3.8, 4) is 5.75 Å². The molecule has 0 spiro atoms. The van der Waals surface area contributed by atoms with Crippen LogP contribution in [-0.2, 0) is 6.61 Å². The van der Waals surface area contributed by atoms with Crippen LogP contribution in [0.4, 0.5) is 0 Å². The Kier molecular flexibility index (Phi) is 5.86. The van der Waals surface area contributed by atoms with Crippen LogP contribution >= 0.6 is 22.6 Å². The van der Waals surface area contributed by atoms with Gasteiger partial charge in [0.1, 0.15) is 12.4 Å². The van der Waals surface area contributed by atoms with E-state index in [0.29, 0.717) is 12.6 Å². The number of nitrogens with one attached hydrogen (secondary N) is 1. The molecule has 0 bridgehead atoms. The Morgan fingerprint density at radius 3 is 2.30 bits per heavy atom. The number of ether oxygens (including phenoxy) is 1. The molecule has 0 aromatic heterocycles. The summed E-state index contributed by atoms with van der Waals surface area (Å²) < 4.78 is 7.05. The normalized spacial score (nSPS) is 12.2. The maximum absolute atomic E-state index is 5.80. The standard InChI is InChI=1S/C17H20INO/c1-3-19-13(2)15-6-10-17(11-7-15)20-12-14-4-8-16(18)9-5-14/h4-11,13,19H,3,12H2,1-2H3. The van der Waals surface area contributed by atoms with Crippen LogP contribution in [0.1, 0.15) is 31.0 Å². The molecule has 1 unspecified atom stereocenters. The highest BCUT2D eigenvalue weighted by Gasteiger charge is 2.03. The molecule has 106 valence electrons. The molecule has 0 aliphatic rings. The number of halogens is 1. The van der Waals surface area contributed by atoms with Gasteiger partial charge in [-0.1, -0.05) is 31.2 Å². The second-order valence-electron chi connectivity index (χ2n) is 4.76. The zero-order valence-corrected chi connectivity index (χ0v) is 14.1. The van der Waals surface area contributed by atoms with Crippen molar-refractivity contribution >= 4 is 22.6 Å². The Morgan fingerprint density at radius 2 is 1.70 bits per heavy atom. The Morgan fingerprint density at radius 1 is 1.05 bits per heavy atom. The molecular formula is C17H20INO. The van der Waals surface area contributed by atoms with Gasteiger partial charge in [0.2, 0.25) is 0 Å². The molecule has 20 heavy (non-hydrogen) atoms. The fourth-order valence-electron chi connectivity index (χ4n) is 2.02. The van der Waals surface area contributed by atoms with Gasteiger partial charge in [0, 0.05) is 9.61 Å². The van der Waals surface area contributed by atoms with Gasteiger partial charge in [0.15, 0.2) is 0 Å². The summed E-state index contributed by atoms with van der Waals surface area (Å²) in [6, 6.07) is 17.1. The van der Waals surface area contributed by atoms with Gasteiger partial charge >= 0.3 is 0 Å². The smallest absolute Gasteiger partial charge is 0.119 e. The summed E-state index contributed by atoms with van der Waals surface area (Å²) in [7, 11) is 0. The summed E-state index contributed by atoms with van der Waals surface area (Å²) in [6.45, 7) is 5.88. The summed E-state index contributed by atoms with van der Waals surface area (Å²) in [5.74, 6) is 0.913. The maximum Gasteiger partial charge on any atom is 0.119 e.